The van der Waals surface area contributed by atoms with Crippen LogP contribution in [0.4, 0.5) is 0 Å². The molecule has 0 saturated heterocycles. The van der Waals surface area contributed by atoms with Crippen molar-refractivity contribution in [2.24, 2.45) is 5.41 Å². The molecule has 0 heterocycles. The monoisotopic (exact) mass is 396 g/mol. The third kappa shape index (κ3) is 6.38. The van der Waals surface area contributed by atoms with Crippen LogP contribution in [0.3, 0.4) is 0 Å². The summed E-state index contributed by atoms with van der Waals surface area (Å²) in [6.07, 6.45) is 0. The van der Waals surface area contributed by atoms with Crippen molar-refractivity contribution in [2.75, 3.05) is 13.2 Å². The summed E-state index contributed by atoms with van der Waals surface area (Å²) in [6.45, 7) is 12.1. The number of carbonyl (C=O) groups is 2. The van der Waals surface area contributed by atoms with Crippen molar-refractivity contribution in [1.29, 1.82) is 0 Å². The van der Waals surface area contributed by atoms with Crippen LogP contribution in [0.15, 0.2) is 24.3 Å². The molecule has 0 aromatic carbocycles. The summed E-state index contributed by atoms with van der Waals surface area (Å²) in [5.41, 5.74) is 0.0416. The van der Waals surface area contributed by atoms with E-state index in [0.29, 0.717) is 11.1 Å². The van der Waals surface area contributed by atoms with Gasteiger partial charge in [0.2, 0.25) is 0 Å². The molecule has 0 N–H and O–H groups in total. The quantitative estimate of drug-likeness (QED) is 0.375. The van der Waals surface area contributed by atoms with Gasteiger partial charge in [-0.2, -0.15) is 0 Å². The molecule has 0 aliphatic carbocycles. The summed E-state index contributed by atoms with van der Waals surface area (Å²) in [4.78, 5) is 22.8. The van der Waals surface area contributed by atoms with Gasteiger partial charge in [-0.25, -0.2) is 9.59 Å². The molecule has 0 amide bonds. The van der Waals surface area contributed by atoms with Crippen LogP contribution in [-0.2, 0) is 19.1 Å². The third-order valence-electron chi connectivity index (χ3n) is 2.29. The van der Waals surface area contributed by atoms with Crippen LogP contribution >= 0.6 is 31.9 Å². The van der Waals surface area contributed by atoms with Crippen molar-refractivity contribution in [1.82, 2.24) is 0 Å². The number of ether oxygens (including phenoxy) is 2. The molecule has 0 atom stereocenters. The fourth-order valence-electron chi connectivity index (χ4n) is 0.875. The highest BCUT2D eigenvalue weighted by Crippen LogP contribution is 2.33. The molecule has 0 aliphatic heterocycles. The van der Waals surface area contributed by atoms with E-state index in [2.05, 4.69) is 45.0 Å². The average molecular weight is 398 g/mol. The molecule has 0 bridgehead atoms. The summed E-state index contributed by atoms with van der Waals surface area (Å²) >= 11 is 6.72. The zero-order chi connectivity index (χ0) is 15.2. The van der Waals surface area contributed by atoms with Gasteiger partial charge >= 0.3 is 11.9 Å². The number of rotatable bonds is 7. The molecule has 0 unspecified atom stereocenters. The number of hydrogen-bond donors (Lipinski definition) is 0. The number of carbonyl (C=O) groups excluding carboxylic acids is 2. The normalized spacial score (nSPS) is 11.1. The topological polar surface area (TPSA) is 52.6 Å². The minimum atomic E-state index is -0.601. The van der Waals surface area contributed by atoms with Crippen LogP contribution < -0.4 is 0 Å². The maximum Gasteiger partial charge on any atom is 0.333 e. The van der Waals surface area contributed by atoms with Gasteiger partial charge in [-0.05, 0) is 13.8 Å². The van der Waals surface area contributed by atoms with E-state index in [1.54, 1.807) is 13.8 Å². The lowest BCUT2D eigenvalue weighted by Crippen LogP contribution is -2.36. The summed E-state index contributed by atoms with van der Waals surface area (Å²) in [5.74, 6) is -0.948. The highest BCUT2D eigenvalue weighted by molar-refractivity contribution is 9.24. The minimum Gasteiger partial charge on any atom is -0.462 e. The lowest BCUT2D eigenvalue weighted by Gasteiger charge is -2.30. The van der Waals surface area contributed by atoms with Crippen molar-refractivity contribution in [3.8, 4) is 0 Å². The summed E-state index contributed by atoms with van der Waals surface area (Å²) in [5, 5.41) is 0. The van der Waals surface area contributed by atoms with Crippen molar-refractivity contribution in [2.45, 2.75) is 24.5 Å². The van der Waals surface area contributed by atoms with Crippen LogP contribution in [-0.4, -0.2) is 28.9 Å². The van der Waals surface area contributed by atoms with Gasteiger partial charge < -0.3 is 9.47 Å². The number of esters is 2. The summed E-state index contributed by atoms with van der Waals surface area (Å²) < 4.78 is 10.0. The van der Waals surface area contributed by atoms with Gasteiger partial charge in [-0.15, -0.1) is 0 Å². The molecule has 4 nitrogen and oxygen atoms in total. The lowest BCUT2D eigenvalue weighted by molar-refractivity contribution is -0.147. The Hall–Kier alpha value is -0.620. The van der Waals surface area contributed by atoms with E-state index >= 15 is 0 Å². The van der Waals surface area contributed by atoms with Crippen LogP contribution in [0.25, 0.3) is 0 Å². The summed E-state index contributed by atoms with van der Waals surface area (Å²) in [7, 11) is 0. The fraction of sp³-hybridized carbons (Fsp3) is 0.538. The molecule has 0 aliphatic rings. The Morgan fingerprint density at radius 1 is 1.05 bits per heavy atom. The molecule has 0 fully saturated rings. The molecule has 0 rings (SSSR count). The van der Waals surface area contributed by atoms with Crippen LogP contribution in [0.2, 0.25) is 0 Å². The highest BCUT2D eigenvalue weighted by atomic mass is 79.9. The smallest absolute Gasteiger partial charge is 0.333 e. The molecule has 6 heteroatoms. The maximum atomic E-state index is 11.4. The Bertz CT molecular complexity index is 358. The van der Waals surface area contributed by atoms with E-state index in [9.17, 15) is 9.59 Å². The Balaban J connectivity index is 4.59. The SMILES string of the molecule is C=C(C)C(=O)OCC(C)(COC(=O)C(=C)C)C(Br)Br. The predicted molar refractivity (Wildman–Crippen MR) is 81.3 cm³/mol. The first-order chi connectivity index (χ1) is 8.60. The summed E-state index contributed by atoms with van der Waals surface area (Å²) in [6, 6.07) is 0. The van der Waals surface area contributed by atoms with Crippen molar-refractivity contribution >= 4 is 43.8 Å². The van der Waals surface area contributed by atoms with Gasteiger partial charge in [-0.1, -0.05) is 51.9 Å². The number of halogens is 2. The molecule has 0 spiro atoms. The van der Waals surface area contributed by atoms with Crippen molar-refractivity contribution in [3.63, 3.8) is 0 Å². The van der Waals surface area contributed by atoms with E-state index in [4.69, 9.17) is 9.47 Å². The van der Waals surface area contributed by atoms with Gasteiger partial charge in [0.15, 0.2) is 0 Å². The molecule has 19 heavy (non-hydrogen) atoms. The Kier molecular flexibility index (Phi) is 7.59. The molecule has 0 saturated carbocycles. The number of alkyl halides is 2. The molecular formula is C13H18Br2O4. The van der Waals surface area contributed by atoms with E-state index in [0.717, 1.165) is 0 Å². The fourth-order valence-corrected chi connectivity index (χ4v) is 1.40. The second kappa shape index (κ2) is 7.85. The van der Waals surface area contributed by atoms with E-state index in [-0.39, 0.29) is 17.0 Å². The average Bonchev–Trinajstić information content (AvgIpc) is 2.32. The zero-order valence-corrected chi connectivity index (χ0v) is 14.5. The molecule has 0 radical (unpaired) electrons. The molecule has 108 valence electrons. The molecule has 0 aromatic rings. The first-order valence-corrected chi connectivity index (χ1v) is 7.36. The first-order valence-electron chi connectivity index (χ1n) is 5.53. The van der Waals surface area contributed by atoms with Gasteiger partial charge in [0.05, 0.1) is 9.15 Å². The second-order valence-corrected chi connectivity index (χ2v) is 7.73. The predicted octanol–water partition coefficient (Wildman–Crippen LogP) is 3.35. The van der Waals surface area contributed by atoms with E-state index < -0.39 is 17.4 Å². The Morgan fingerprint density at radius 3 is 1.58 bits per heavy atom. The lowest BCUT2D eigenvalue weighted by atomic mass is 9.96. The van der Waals surface area contributed by atoms with E-state index in [1.165, 1.54) is 0 Å². The van der Waals surface area contributed by atoms with Crippen LogP contribution in [0.1, 0.15) is 20.8 Å². The number of hydrogen-bond acceptors (Lipinski definition) is 4. The third-order valence-corrected chi connectivity index (χ3v) is 4.50. The molecule has 0 aromatic heterocycles. The van der Waals surface area contributed by atoms with Gasteiger partial charge in [0, 0.05) is 11.1 Å². The van der Waals surface area contributed by atoms with Gasteiger partial charge in [0.1, 0.15) is 13.2 Å². The second-order valence-electron chi connectivity index (χ2n) is 4.67. The Morgan fingerprint density at radius 2 is 1.37 bits per heavy atom. The maximum absolute atomic E-state index is 11.4. The first kappa shape index (κ1) is 18.4. The van der Waals surface area contributed by atoms with Gasteiger partial charge in [0.25, 0.3) is 0 Å². The highest BCUT2D eigenvalue weighted by Gasteiger charge is 2.34. The van der Waals surface area contributed by atoms with Crippen LogP contribution in [0, 0.1) is 5.41 Å². The largest absolute Gasteiger partial charge is 0.462 e. The van der Waals surface area contributed by atoms with Crippen LogP contribution in [0.5, 0.6) is 0 Å². The van der Waals surface area contributed by atoms with Gasteiger partial charge in [-0.3, -0.25) is 0 Å². The zero-order valence-electron chi connectivity index (χ0n) is 11.3. The molecular weight excluding hydrogens is 380 g/mol. The Labute approximate surface area is 130 Å². The standard InChI is InChI=1S/C13H18Br2O4/c1-8(2)10(16)18-6-13(5,12(14)15)7-19-11(17)9(3)4/h12H,1,3,6-7H2,2,4-5H3. The van der Waals surface area contributed by atoms with E-state index in [1.807, 2.05) is 6.92 Å². The van der Waals surface area contributed by atoms with Crippen molar-refractivity contribution in [3.05, 3.63) is 24.3 Å². The van der Waals surface area contributed by atoms with Crippen molar-refractivity contribution < 1.29 is 19.1 Å². The minimum absolute atomic E-state index is 0.0866.